The Bertz CT molecular complexity index is 981. The molecule has 1 radical (unpaired) electrons. The number of rotatable bonds is 9. The maximum absolute atomic E-state index is 6.48. The lowest BCUT2D eigenvalue weighted by Crippen LogP contribution is -2.23. The van der Waals surface area contributed by atoms with Crippen molar-refractivity contribution in [2.45, 2.75) is 53.1 Å². The highest BCUT2D eigenvalue weighted by molar-refractivity contribution is 6.57. The second kappa shape index (κ2) is 12.3. The Balaban J connectivity index is 2.06. The van der Waals surface area contributed by atoms with Gasteiger partial charge in [-0.05, 0) is 68.8 Å². The van der Waals surface area contributed by atoms with Gasteiger partial charge >= 0.3 is 0 Å². The van der Waals surface area contributed by atoms with Gasteiger partial charge in [0, 0.05) is 24.1 Å². The summed E-state index contributed by atoms with van der Waals surface area (Å²) in [5.74, 6) is 9.99. The smallest absolute Gasteiger partial charge is 0.120 e. The topological polar surface area (TPSA) is 12.5 Å². The predicted octanol–water partition coefficient (Wildman–Crippen LogP) is 6.51. The summed E-state index contributed by atoms with van der Waals surface area (Å²) in [5.41, 5.74) is 3.45. The zero-order valence-corrected chi connectivity index (χ0v) is 21.4. The molecular weight excluding hydrogens is 406 g/mol. The average Bonchev–Trinajstić information content (AvgIpc) is 2.76. The largest absolute Gasteiger partial charge is 0.490 e. The van der Waals surface area contributed by atoms with Crippen LogP contribution in [0.5, 0.6) is 5.75 Å². The van der Waals surface area contributed by atoms with E-state index in [9.17, 15) is 0 Å². The summed E-state index contributed by atoms with van der Waals surface area (Å²) in [6.07, 6.45) is 9.61. The quantitative estimate of drug-likeness (QED) is 0.324. The minimum Gasteiger partial charge on any atom is -0.490 e. The Morgan fingerprint density at radius 2 is 1.84 bits per heavy atom. The van der Waals surface area contributed by atoms with Crippen molar-refractivity contribution in [3.05, 3.63) is 77.4 Å². The third-order valence-corrected chi connectivity index (χ3v) is 6.42. The van der Waals surface area contributed by atoms with E-state index < -0.39 is 8.80 Å². The Labute approximate surface area is 197 Å². The van der Waals surface area contributed by atoms with Gasteiger partial charge in [-0.3, -0.25) is 4.90 Å². The summed E-state index contributed by atoms with van der Waals surface area (Å²) in [5, 5.41) is 0. The fourth-order valence-electron chi connectivity index (χ4n) is 3.21. The van der Waals surface area contributed by atoms with Crippen molar-refractivity contribution in [2.24, 2.45) is 5.41 Å². The molecule has 2 aromatic carbocycles. The van der Waals surface area contributed by atoms with Gasteiger partial charge in [0.25, 0.3) is 0 Å². The zero-order valence-electron chi connectivity index (χ0n) is 20.4. The molecule has 2 nitrogen and oxygen atoms in total. The number of terminal acetylenes is 1. The third kappa shape index (κ3) is 8.79. The monoisotopic (exact) mass is 442 g/mol. The molecule has 0 fully saturated rings. The van der Waals surface area contributed by atoms with Crippen molar-refractivity contribution in [2.75, 3.05) is 13.1 Å². The average molecular weight is 443 g/mol. The van der Waals surface area contributed by atoms with E-state index in [1.807, 2.05) is 18.2 Å². The summed E-state index contributed by atoms with van der Waals surface area (Å²) in [6, 6.07) is 16.6. The van der Waals surface area contributed by atoms with Gasteiger partial charge in [-0.15, -0.1) is 6.42 Å². The standard InChI is InChI=1S/C29H36NOSi/c1-8-24-16-18-26(19-17-24)28(32(6)7)31-27-15-13-14-25(22-27)23-30(9-2)21-12-10-11-20-29(3,4)5/h1,10,12-19,22,28H,9,21,23H2,2-7H3/b12-10+. The van der Waals surface area contributed by atoms with Gasteiger partial charge in [0.1, 0.15) is 20.3 Å². The van der Waals surface area contributed by atoms with Gasteiger partial charge < -0.3 is 4.74 Å². The van der Waals surface area contributed by atoms with Crippen LogP contribution in [0.4, 0.5) is 0 Å². The number of allylic oxidation sites excluding steroid dienone is 1. The molecule has 167 valence electrons. The summed E-state index contributed by atoms with van der Waals surface area (Å²) < 4.78 is 6.48. The Morgan fingerprint density at radius 3 is 2.44 bits per heavy atom. The van der Waals surface area contributed by atoms with Crippen LogP contribution in [0.25, 0.3) is 0 Å². The molecule has 0 spiro atoms. The molecule has 0 N–H and O–H groups in total. The van der Waals surface area contributed by atoms with Crippen molar-refractivity contribution >= 4 is 8.80 Å². The van der Waals surface area contributed by atoms with Crippen molar-refractivity contribution in [1.82, 2.24) is 4.90 Å². The molecule has 1 unspecified atom stereocenters. The van der Waals surface area contributed by atoms with Crippen LogP contribution in [-0.4, -0.2) is 26.8 Å². The second-order valence-corrected chi connectivity index (χ2v) is 11.9. The SMILES string of the molecule is C#Cc1ccc(C(Oc2cccc(CN(CC)C/C=C/C#CC(C)(C)C)c2)[Si](C)C)cc1. The molecule has 2 aromatic rings. The van der Waals surface area contributed by atoms with Crippen molar-refractivity contribution in [1.29, 1.82) is 0 Å². The van der Waals surface area contributed by atoms with Crippen LogP contribution in [0.2, 0.25) is 13.1 Å². The highest BCUT2D eigenvalue weighted by Gasteiger charge is 2.19. The lowest BCUT2D eigenvalue weighted by molar-refractivity contribution is 0.278. The van der Waals surface area contributed by atoms with Gasteiger partial charge in [0.05, 0.1) is 0 Å². The lowest BCUT2D eigenvalue weighted by atomic mass is 9.98. The molecule has 32 heavy (non-hydrogen) atoms. The molecular formula is C29H36NOSi. The van der Waals surface area contributed by atoms with Gasteiger partial charge in [-0.2, -0.15) is 0 Å². The number of hydrogen-bond donors (Lipinski definition) is 0. The Kier molecular flexibility index (Phi) is 9.85. The Hall–Kier alpha value is -2.72. The van der Waals surface area contributed by atoms with Crippen LogP contribution in [0.1, 0.15) is 50.1 Å². The van der Waals surface area contributed by atoms with E-state index in [4.69, 9.17) is 11.2 Å². The van der Waals surface area contributed by atoms with E-state index in [1.54, 1.807) is 0 Å². The second-order valence-electron chi connectivity index (χ2n) is 9.24. The number of ether oxygens (including phenoxy) is 1. The van der Waals surface area contributed by atoms with Gasteiger partial charge in [-0.25, -0.2) is 0 Å². The maximum Gasteiger partial charge on any atom is 0.120 e. The number of hydrogen-bond acceptors (Lipinski definition) is 2. The van der Waals surface area contributed by atoms with E-state index in [2.05, 4.69) is 106 Å². The van der Waals surface area contributed by atoms with Crippen LogP contribution in [0.3, 0.4) is 0 Å². The summed E-state index contributed by atoms with van der Waals surface area (Å²) in [4.78, 5) is 2.39. The highest BCUT2D eigenvalue weighted by Crippen LogP contribution is 2.26. The highest BCUT2D eigenvalue weighted by atomic mass is 28.3. The fraction of sp³-hybridized carbons (Fsp3) is 0.379. The summed E-state index contributed by atoms with van der Waals surface area (Å²) >= 11 is 0. The van der Waals surface area contributed by atoms with Crippen molar-refractivity contribution in [3.63, 3.8) is 0 Å². The van der Waals surface area contributed by atoms with E-state index in [-0.39, 0.29) is 11.1 Å². The zero-order chi connectivity index (χ0) is 23.6. The molecule has 0 heterocycles. The minimum atomic E-state index is -0.716. The van der Waals surface area contributed by atoms with E-state index in [0.29, 0.717) is 0 Å². The molecule has 2 rings (SSSR count). The first kappa shape index (κ1) is 25.5. The van der Waals surface area contributed by atoms with E-state index in [0.717, 1.165) is 30.9 Å². The molecule has 0 bridgehead atoms. The third-order valence-electron chi connectivity index (χ3n) is 4.92. The predicted molar refractivity (Wildman–Crippen MR) is 139 cm³/mol. The molecule has 0 aromatic heterocycles. The molecule has 1 atom stereocenters. The van der Waals surface area contributed by atoms with E-state index >= 15 is 0 Å². The first-order valence-electron chi connectivity index (χ1n) is 11.2. The lowest BCUT2D eigenvalue weighted by Gasteiger charge is -2.23. The first-order valence-corrected chi connectivity index (χ1v) is 13.8. The molecule has 0 aliphatic heterocycles. The van der Waals surface area contributed by atoms with Crippen LogP contribution in [0, 0.1) is 29.6 Å². The molecule has 0 saturated carbocycles. The van der Waals surface area contributed by atoms with Crippen LogP contribution < -0.4 is 4.74 Å². The summed E-state index contributed by atoms with van der Waals surface area (Å²) in [6.45, 7) is 15.9. The molecule has 0 amide bonds. The summed E-state index contributed by atoms with van der Waals surface area (Å²) in [7, 11) is -0.716. The van der Waals surface area contributed by atoms with Crippen molar-refractivity contribution in [3.8, 4) is 29.9 Å². The van der Waals surface area contributed by atoms with Gasteiger partial charge in [0.15, 0.2) is 0 Å². The first-order chi connectivity index (χ1) is 15.2. The van der Waals surface area contributed by atoms with Crippen LogP contribution in [0.15, 0.2) is 60.7 Å². The van der Waals surface area contributed by atoms with Gasteiger partial charge in [-0.1, -0.05) is 68.1 Å². The fourth-order valence-corrected chi connectivity index (χ4v) is 4.44. The normalized spacial score (nSPS) is 12.5. The molecule has 0 saturated heterocycles. The van der Waals surface area contributed by atoms with Gasteiger partial charge in [0.2, 0.25) is 0 Å². The van der Waals surface area contributed by atoms with Crippen LogP contribution in [-0.2, 0) is 6.54 Å². The number of nitrogens with zero attached hydrogens (tertiary/aromatic N) is 1. The van der Waals surface area contributed by atoms with E-state index in [1.165, 1.54) is 11.1 Å². The Morgan fingerprint density at radius 1 is 1.12 bits per heavy atom. The maximum atomic E-state index is 6.48. The van der Waals surface area contributed by atoms with Crippen LogP contribution >= 0.6 is 0 Å². The number of likely N-dealkylation sites (N-methyl/N-ethyl adjacent to an activating group) is 1. The van der Waals surface area contributed by atoms with Crippen molar-refractivity contribution < 1.29 is 4.74 Å². The molecule has 0 aliphatic carbocycles. The number of benzene rings is 2. The minimum absolute atomic E-state index is 0.0362. The molecule has 3 heteroatoms. The molecule has 0 aliphatic rings.